The second-order valence-electron chi connectivity index (χ2n) is 6.76. The zero-order valence-electron chi connectivity index (χ0n) is 16.3. The van der Waals surface area contributed by atoms with Crippen molar-refractivity contribution in [3.8, 4) is 11.5 Å². The Morgan fingerprint density at radius 1 is 0.966 bits per heavy atom. The fourth-order valence-electron chi connectivity index (χ4n) is 3.07. The highest BCUT2D eigenvalue weighted by Crippen LogP contribution is 2.29. The number of methoxy groups -OCH3 is 1. The summed E-state index contributed by atoms with van der Waals surface area (Å²) in [5.74, 6) is 2.12. The molecule has 1 aromatic heterocycles. The molecule has 0 unspecified atom stereocenters. The lowest BCUT2D eigenvalue weighted by Crippen LogP contribution is -2.06. The Hall–Kier alpha value is -3.80. The number of ether oxygens (including phenoxy) is 1. The fraction of sp³-hybridized carbons (Fsp3) is 0.130. The number of aryl methyl sites for hydroxylation is 1. The largest absolute Gasteiger partial charge is 0.506 e. The second kappa shape index (κ2) is 8.06. The zero-order chi connectivity index (χ0) is 20.2. The molecule has 0 fully saturated rings. The normalized spacial score (nSPS) is 10.7. The van der Waals surface area contributed by atoms with Crippen LogP contribution in [0, 0.1) is 6.92 Å². The van der Waals surface area contributed by atoms with Crippen LogP contribution in [-0.4, -0.2) is 22.2 Å². The number of nitrogens with one attached hydrogen (secondary N) is 2. The zero-order valence-corrected chi connectivity index (χ0v) is 16.3. The molecular weight excluding hydrogens is 364 g/mol. The predicted octanol–water partition coefficient (Wildman–Crippen LogP) is 5.01. The number of phenols is 1. The predicted molar refractivity (Wildman–Crippen MR) is 116 cm³/mol. The van der Waals surface area contributed by atoms with E-state index in [1.807, 2.05) is 67.6 Å². The minimum Gasteiger partial charge on any atom is -0.506 e. The van der Waals surface area contributed by atoms with E-state index < -0.39 is 0 Å². The number of aromatic nitrogens is 2. The Labute approximate surface area is 169 Å². The average Bonchev–Trinajstić information content (AvgIpc) is 2.75. The van der Waals surface area contributed by atoms with Gasteiger partial charge in [0, 0.05) is 11.9 Å². The van der Waals surface area contributed by atoms with Gasteiger partial charge in [-0.3, -0.25) is 0 Å². The first-order valence-electron chi connectivity index (χ1n) is 9.32. The number of rotatable bonds is 6. The summed E-state index contributed by atoms with van der Waals surface area (Å²) in [7, 11) is 1.65. The van der Waals surface area contributed by atoms with Gasteiger partial charge < -0.3 is 20.5 Å². The molecule has 0 aliphatic heterocycles. The molecule has 0 saturated carbocycles. The summed E-state index contributed by atoms with van der Waals surface area (Å²) >= 11 is 0. The van der Waals surface area contributed by atoms with Crippen molar-refractivity contribution in [2.45, 2.75) is 13.5 Å². The van der Waals surface area contributed by atoms with Crippen LogP contribution in [0.15, 0.2) is 66.7 Å². The molecular formula is C23H22N4O2. The highest BCUT2D eigenvalue weighted by molar-refractivity contribution is 5.90. The van der Waals surface area contributed by atoms with Gasteiger partial charge in [0.05, 0.1) is 18.3 Å². The number of anilines is 3. The maximum atomic E-state index is 10.1. The summed E-state index contributed by atoms with van der Waals surface area (Å²) in [6.45, 7) is 2.58. The summed E-state index contributed by atoms with van der Waals surface area (Å²) in [5, 5.41) is 17.6. The molecule has 6 nitrogen and oxygen atoms in total. The van der Waals surface area contributed by atoms with Crippen LogP contribution >= 0.6 is 0 Å². The molecule has 29 heavy (non-hydrogen) atoms. The van der Waals surface area contributed by atoms with E-state index in [0.29, 0.717) is 18.2 Å². The average molecular weight is 386 g/mol. The Balaban J connectivity index is 1.64. The Morgan fingerprint density at radius 3 is 2.55 bits per heavy atom. The molecule has 3 aromatic carbocycles. The molecule has 4 aromatic rings. The lowest BCUT2D eigenvalue weighted by atomic mass is 10.2. The van der Waals surface area contributed by atoms with Gasteiger partial charge >= 0.3 is 0 Å². The molecule has 0 radical (unpaired) electrons. The molecule has 146 valence electrons. The molecule has 4 rings (SSSR count). The van der Waals surface area contributed by atoms with Crippen LogP contribution in [0.2, 0.25) is 0 Å². The van der Waals surface area contributed by atoms with Gasteiger partial charge in [-0.25, -0.2) is 4.98 Å². The molecule has 3 N–H and O–H groups in total. The number of phenolic OH excluding ortho intramolecular Hbond substituents is 1. The Bertz CT molecular complexity index is 1140. The third kappa shape index (κ3) is 4.21. The highest BCUT2D eigenvalue weighted by Gasteiger charge is 2.10. The molecule has 1 heterocycles. The van der Waals surface area contributed by atoms with Crippen molar-refractivity contribution in [2.75, 3.05) is 17.7 Å². The van der Waals surface area contributed by atoms with Crippen molar-refractivity contribution >= 4 is 28.4 Å². The number of fused-ring (bicyclic) bond motifs is 1. The highest BCUT2D eigenvalue weighted by atomic mass is 16.5. The number of aromatic hydroxyl groups is 1. The second-order valence-corrected chi connectivity index (χ2v) is 6.76. The maximum Gasteiger partial charge on any atom is 0.229 e. The van der Waals surface area contributed by atoms with E-state index in [1.54, 1.807) is 13.2 Å². The lowest BCUT2D eigenvalue weighted by Gasteiger charge is -2.13. The van der Waals surface area contributed by atoms with E-state index in [0.717, 1.165) is 33.6 Å². The number of para-hydroxylation sites is 1. The molecule has 0 aliphatic carbocycles. The fourth-order valence-corrected chi connectivity index (χ4v) is 3.07. The van der Waals surface area contributed by atoms with Crippen molar-refractivity contribution in [3.63, 3.8) is 0 Å². The van der Waals surface area contributed by atoms with Crippen molar-refractivity contribution < 1.29 is 9.84 Å². The van der Waals surface area contributed by atoms with Gasteiger partial charge in [-0.05, 0) is 54.4 Å². The summed E-state index contributed by atoms with van der Waals surface area (Å²) in [5.41, 5.74) is 3.53. The molecule has 0 saturated heterocycles. The van der Waals surface area contributed by atoms with Crippen LogP contribution < -0.4 is 15.4 Å². The summed E-state index contributed by atoms with van der Waals surface area (Å²) in [4.78, 5) is 9.24. The first-order chi connectivity index (χ1) is 14.1. The standard InChI is InChI=1S/C23H22N4O2/c1-15-7-12-21(28)20(13-15)26-23-25-19-6-4-3-5-18(19)22(27-23)24-14-16-8-10-17(29-2)11-9-16/h3-13,28H,14H2,1-2H3,(H2,24,25,26,27). The first-order valence-corrected chi connectivity index (χ1v) is 9.32. The van der Waals surface area contributed by atoms with Gasteiger partial charge in [0.2, 0.25) is 5.95 Å². The number of hydrogen-bond acceptors (Lipinski definition) is 6. The first kappa shape index (κ1) is 18.6. The van der Waals surface area contributed by atoms with Gasteiger partial charge in [0.1, 0.15) is 17.3 Å². The number of benzene rings is 3. The van der Waals surface area contributed by atoms with Crippen molar-refractivity contribution in [3.05, 3.63) is 77.9 Å². The molecule has 0 amide bonds. The Kier molecular flexibility index (Phi) is 5.16. The Morgan fingerprint density at radius 2 is 1.76 bits per heavy atom. The van der Waals surface area contributed by atoms with E-state index >= 15 is 0 Å². The summed E-state index contributed by atoms with van der Waals surface area (Å²) in [6, 6.07) is 21.1. The van der Waals surface area contributed by atoms with E-state index in [1.165, 1.54) is 0 Å². The number of hydrogen-bond donors (Lipinski definition) is 3. The minimum atomic E-state index is 0.153. The van der Waals surface area contributed by atoms with Crippen molar-refractivity contribution in [2.24, 2.45) is 0 Å². The van der Waals surface area contributed by atoms with Gasteiger partial charge in [-0.1, -0.05) is 30.3 Å². The van der Waals surface area contributed by atoms with Crippen molar-refractivity contribution in [1.29, 1.82) is 0 Å². The van der Waals surface area contributed by atoms with Crippen LogP contribution in [-0.2, 0) is 6.54 Å². The van der Waals surface area contributed by atoms with Crippen LogP contribution in [0.3, 0.4) is 0 Å². The molecule has 0 spiro atoms. The number of nitrogens with zero attached hydrogens (tertiary/aromatic N) is 2. The third-order valence-corrected chi connectivity index (χ3v) is 4.62. The van der Waals surface area contributed by atoms with E-state index in [9.17, 15) is 5.11 Å². The smallest absolute Gasteiger partial charge is 0.229 e. The van der Waals surface area contributed by atoms with Crippen LogP contribution in [0.4, 0.5) is 17.5 Å². The monoisotopic (exact) mass is 386 g/mol. The molecule has 0 aliphatic rings. The van der Waals surface area contributed by atoms with Crippen LogP contribution in [0.1, 0.15) is 11.1 Å². The van der Waals surface area contributed by atoms with E-state index in [4.69, 9.17) is 4.74 Å². The molecule has 0 atom stereocenters. The quantitative estimate of drug-likeness (QED) is 0.404. The summed E-state index contributed by atoms with van der Waals surface area (Å²) in [6.07, 6.45) is 0. The molecule has 0 bridgehead atoms. The van der Waals surface area contributed by atoms with Crippen LogP contribution in [0.5, 0.6) is 11.5 Å². The van der Waals surface area contributed by atoms with Crippen molar-refractivity contribution in [1.82, 2.24) is 9.97 Å². The van der Waals surface area contributed by atoms with E-state index in [2.05, 4.69) is 20.6 Å². The topological polar surface area (TPSA) is 79.3 Å². The van der Waals surface area contributed by atoms with Gasteiger partial charge in [0.25, 0.3) is 0 Å². The third-order valence-electron chi connectivity index (χ3n) is 4.62. The van der Waals surface area contributed by atoms with Gasteiger partial charge in [0.15, 0.2) is 0 Å². The summed E-state index contributed by atoms with van der Waals surface area (Å²) < 4.78 is 5.21. The maximum absolute atomic E-state index is 10.1. The van der Waals surface area contributed by atoms with Crippen LogP contribution in [0.25, 0.3) is 10.9 Å². The SMILES string of the molecule is COc1ccc(CNc2nc(Nc3cc(C)ccc3O)nc3ccccc23)cc1. The minimum absolute atomic E-state index is 0.153. The van der Waals surface area contributed by atoms with E-state index in [-0.39, 0.29) is 5.75 Å². The molecule has 6 heteroatoms. The van der Waals surface area contributed by atoms with Gasteiger partial charge in [-0.2, -0.15) is 4.98 Å². The van der Waals surface area contributed by atoms with Gasteiger partial charge in [-0.15, -0.1) is 0 Å². The lowest BCUT2D eigenvalue weighted by molar-refractivity contribution is 0.414.